The first kappa shape index (κ1) is 19.4. The molecule has 2 N–H and O–H groups in total. The number of benzene rings is 2. The largest absolute Gasteiger partial charge is 0.325 e. The molecule has 2 aromatic carbocycles. The number of anilines is 3. The van der Waals surface area contributed by atoms with Gasteiger partial charge in [-0.1, -0.05) is 35.9 Å². The summed E-state index contributed by atoms with van der Waals surface area (Å²) in [6.07, 6.45) is 1.04. The maximum atomic E-state index is 12.9. The van der Waals surface area contributed by atoms with Crippen molar-refractivity contribution in [1.82, 2.24) is 4.98 Å². The number of aromatic nitrogens is 1. The zero-order valence-corrected chi connectivity index (χ0v) is 17.3. The third-order valence-electron chi connectivity index (χ3n) is 4.66. The smallest absolute Gasteiger partial charge is 0.309 e. The molecule has 0 saturated carbocycles. The van der Waals surface area contributed by atoms with Gasteiger partial charge in [0.15, 0.2) is 5.13 Å². The van der Waals surface area contributed by atoms with Crippen molar-refractivity contribution >= 4 is 51.4 Å². The van der Waals surface area contributed by atoms with Gasteiger partial charge in [-0.3, -0.25) is 10.1 Å². The third kappa shape index (κ3) is 4.41. The Morgan fingerprint density at radius 3 is 2.86 bits per heavy atom. The topological polar surface area (TPSA) is 74.3 Å². The quantitative estimate of drug-likeness (QED) is 0.619. The maximum absolute atomic E-state index is 12.9. The van der Waals surface area contributed by atoms with Crippen molar-refractivity contribution in [3.63, 3.8) is 0 Å². The Labute approximate surface area is 177 Å². The van der Waals surface area contributed by atoms with E-state index < -0.39 is 6.03 Å². The van der Waals surface area contributed by atoms with Crippen molar-refractivity contribution in [2.75, 3.05) is 15.5 Å². The minimum absolute atomic E-state index is 0.00248. The molecule has 1 atom stereocenters. The van der Waals surface area contributed by atoms with Gasteiger partial charge in [0.2, 0.25) is 5.91 Å². The molecule has 4 rings (SSSR count). The van der Waals surface area contributed by atoms with E-state index in [0.717, 1.165) is 12.1 Å². The highest BCUT2D eigenvalue weighted by atomic mass is 35.5. The summed E-state index contributed by atoms with van der Waals surface area (Å²) >= 11 is 7.20. The van der Waals surface area contributed by atoms with Crippen LogP contribution in [0.25, 0.3) is 0 Å². The summed E-state index contributed by atoms with van der Waals surface area (Å²) in [6.45, 7) is 2.05. The highest BCUT2D eigenvalue weighted by Gasteiger charge is 2.30. The van der Waals surface area contributed by atoms with Crippen LogP contribution in [0.1, 0.15) is 18.2 Å². The van der Waals surface area contributed by atoms with Crippen LogP contribution in [-0.4, -0.2) is 23.0 Å². The average Bonchev–Trinajstić information content (AvgIpc) is 3.24. The molecule has 6 nitrogen and oxygen atoms in total. The molecule has 3 aromatic rings. The lowest BCUT2D eigenvalue weighted by atomic mass is 10.1. The van der Waals surface area contributed by atoms with E-state index in [1.54, 1.807) is 29.6 Å². The number of nitrogens with zero attached hydrogens (tertiary/aromatic N) is 2. The Balaban J connectivity index is 1.38. The highest BCUT2D eigenvalue weighted by Crippen LogP contribution is 2.32. The average molecular weight is 427 g/mol. The number of carbonyl (C=O) groups is 2. The molecule has 8 heteroatoms. The number of para-hydroxylation sites is 1. The summed E-state index contributed by atoms with van der Waals surface area (Å²) < 4.78 is 0. The Bertz CT molecular complexity index is 1070. The normalized spacial score (nSPS) is 15.1. The Hall–Kier alpha value is -2.90. The van der Waals surface area contributed by atoms with Crippen LogP contribution in [0.5, 0.6) is 0 Å². The van der Waals surface area contributed by atoms with Crippen LogP contribution in [0.4, 0.5) is 21.3 Å². The van der Waals surface area contributed by atoms with Gasteiger partial charge in [-0.25, -0.2) is 9.78 Å². The number of fused-ring (bicyclic) bond motifs is 1. The standard InChI is InChI=1S/C21H19ClN4O2S/c1-13-9-14-5-2-3-8-18(14)26(13)19(27)11-17-12-29-21(24-17)25-20(28)23-16-7-4-6-15(22)10-16/h2-8,10,12-13H,9,11H2,1H3,(H2,23,24,25,28)/t13-/m0/s1. The molecule has 0 saturated heterocycles. The molecule has 2 heterocycles. The zero-order chi connectivity index (χ0) is 20.4. The van der Waals surface area contributed by atoms with E-state index in [1.807, 2.05) is 30.0 Å². The lowest BCUT2D eigenvalue weighted by molar-refractivity contribution is -0.118. The zero-order valence-electron chi connectivity index (χ0n) is 15.7. The number of hydrogen-bond donors (Lipinski definition) is 2. The predicted molar refractivity (Wildman–Crippen MR) is 117 cm³/mol. The fraction of sp³-hybridized carbons (Fsp3) is 0.190. The molecule has 0 spiro atoms. The SMILES string of the molecule is C[C@H]1Cc2ccccc2N1C(=O)Cc1csc(NC(=O)Nc2cccc(Cl)c2)n1. The first-order chi connectivity index (χ1) is 14.0. The van der Waals surface area contributed by atoms with Crippen LogP contribution in [0.15, 0.2) is 53.9 Å². The minimum atomic E-state index is -0.415. The summed E-state index contributed by atoms with van der Waals surface area (Å²) in [5.74, 6) is 0.00248. The van der Waals surface area contributed by atoms with E-state index >= 15 is 0 Å². The van der Waals surface area contributed by atoms with Crippen LogP contribution < -0.4 is 15.5 Å². The molecule has 1 aromatic heterocycles. The van der Waals surface area contributed by atoms with Crippen molar-refractivity contribution in [2.24, 2.45) is 0 Å². The first-order valence-electron chi connectivity index (χ1n) is 9.17. The summed E-state index contributed by atoms with van der Waals surface area (Å²) in [4.78, 5) is 31.2. The van der Waals surface area contributed by atoms with E-state index in [-0.39, 0.29) is 18.4 Å². The van der Waals surface area contributed by atoms with Crippen molar-refractivity contribution in [1.29, 1.82) is 0 Å². The lowest BCUT2D eigenvalue weighted by Gasteiger charge is -2.22. The molecule has 1 aliphatic rings. The Morgan fingerprint density at radius 2 is 2.03 bits per heavy atom. The maximum Gasteiger partial charge on any atom is 0.325 e. The summed E-state index contributed by atoms with van der Waals surface area (Å²) in [5, 5.41) is 8.15. The van der Waals surface area contributed by atoms with Crippen LogP contribution in [0.2, 0.25) is 5.02 Å². The second kappa shape index (κ2) is 8.23. The van der Waals surface area contributed by atoms with Gasteiger partial charge in [0, 0.05) is 27.8 Å². The second-order valence-electron chi connectivity index (χ2n) is 6.86. The summed E-state index contributed by atoms with van der Waals surface area (Å²) in [7, 11) is 0. The lowest BCUT2D eigenvalue weighted by Crippen LogP contribution is -2.36. The van der Waals surface area contributed by atoms with Gasteiger partial charge < -0.3 is 10.2 Å². The first-order valence-corrected chi connectivity index (χ1v) is 10.4. The predicted octanol–water partition coefficient (Wildman–Crippen LogP) is 4.96. The van der Waals surface area contributed by atoms with Gasteiger partial charge in [-0.2, -0.15) is 0 Å². The third-order valence-corrected chi connectivity index (χ3v) is 5.70. The number of halogens is 1. The van der Waals surface area contributed by atoms with E-state index in [1.165, 1.54) is 16.9 Å². The van der Waals surface area contributed by atoms with Gasteiger partial charge in [0.1, 0.15) is 0 Å². The second-order valence-corrected chi connectivity index (χ2v) is 8.15. The van der Waals surface area contributed by atoms with Crippen LogP contribution in [0.3, 0.4) is 0 Å². The van der Waals surface area contributed by atoms with Crippen molar-refractivity contribution in [3.05, 3.63) is 70.2 Å². The monoisotopic (exact) mass is 426 g/mol. The number of thiazole rings is 1. The van der Waals surface area contributed by atoms with Crippen molar-refractivity contribution in [2.45, 2.75) is 25.8 Å². The molecule has 29 heavy (non-hydrogen) atoms. The molecule has 0 fully saturated rings. The number of rotatable bonds is 4. The Kier molecular flexibility index (Phi) is 5.51. The number of nitrogens with one attached hydrogen (secondary N) is 2. The molecule has 0 bridgehead atoms. The highest BCUT2D eigenvalue weighted by molar-refractivity contribution is 7.14. The number of hydrogen-bond acceptors (Lipinski definition) is 4. The van der Waals surface area contributed by atoms with Crippen LogP contribution in [-0.2, 0) is 17.6 Å². The van der Waals surface area contributed by atoms with E-state index in [4.69, 9.17) is 11.6 Å². The van der Waals surface area contributed by atoms with Crippen molar-refractivity contribution < 1.29 is 9.59 Å². The van der Waals surface area contributed by atoms with Gasteiger partial charge in [0.05, 0.1) is 12.1 Å². The fourth-order valence-corrected chi connectivity index (χ4v) is 4.35. The van der Waals surface area contributed by atoms with Crippen LogP contribution in [0, 0.1) is 0 Å². The number of amides is 3. The number of carbonyl (C=O) groups excluding carboxylic acids is 2. The summed E-state index contributed by atoms with van der Waals surface area (Å²) in [6, 6.07) is 14.6. The van der Waals surface area contributed by atoms with Gasteiger partial charge in [-0.05, 0) is 43.2 Å². The molecule has 3 amide bonds. The van der Waals surface area contributed by atoms with Crippen molar-refractivity contribution in [3.8, 4) is 0 Å². The van der Waals surface area contributed by atoms with Crippen LogP contribution >= 0.6 is 22.9 Å². The van der Waals surface area contributed by atoms with E-state index in [2.05, 4.69) is 21.7 Å². The molecule has 0 radical (unpaired) electrons. The van der Waals surface area contributed by atoms with Gasteiger partial charge >= 0.3 is 6.03 Å². The molecule has 1 aliphatic heterocycles. The van der Waals surface area contributed by atoms with Gasteiger partial charge in [-0.15, -0.1) is 11.3 Å². The van der Waals surface area contributed by atoms with Gasteiger partial charge in [0.25, 0.3) is 0 Å². The fourth-order valence-electron chi connectivity index (χ4n) is 3.46. The molecule has 0 unspecified atom stereocenters. The van der Waals surface area contributed by atoms with E-state index in [0.29, 0.717) is 21.5 Å². The Morgan fingerprint density at radius 1 is 1.21 bits per heavy atom. The van der Waals surface area contributed by atoms with E-state index in [9.17, 15) is 9.59 Å². The summed E-state index contributed by atoms with van der Waals surface area (Å²) in [5.41, 5.74) is 3.38. The molecule has 148 valence electrons. The molecular formula is C21H19ClN4O2S. The molecule has 0 aliphatic carbocycles. The minimum Gasteiger partial charge on any atom is -0.309 e. The molecular weight excluding hydrogens is 408 g/mol. The number of urea groups is 1.